The van der Waals surface area contributed by atoms with Crippen LogP contribution in [0.1, 0.15) is 10.4 Å². The van der Waals surface area contributed by atoms with E-state index < -0.39 is 23.4 Å². The van der Waals surface area contributed by atoms with Crippen molar-refractivity contribution in [2.75, 3.05) is 18.6 Å². The number of non-ortho nitro benzene ring substituents is 1. The Morgan fingerprint density at radius 1 is 1.21 bits per heavy atom. The quantitative estimate of drug-likeness (QED) is 0.470. The number of nitro benzene ring substituents is 1. The number of benzene rings is 2. The van der Waals surface area contributed by atoms with E-state index in [4.69, 9.17) is 16.3 Å². The molecule has 0 atom stereocenters. The van der Waals surface area contributed by atoms with Crippen molar-refractivity contribution in [1.82, 2.24) is 0 Å². The smallest absolute Gasteiger partial charge is 0.340 e. The number of anilines is 1. The molecule has 0 aromatic heterocycles. The second kappa shape index (κ2) is 7.56. The van der Waals surface area contributed by atoms with Gasteiger partial charge in [-0.1, -0.05) is 29.8 Å². The second-order valence-corrected chi connectivity index (χ2v) is 5.19. The zero-order valence-electron chi connectivity index (χ0n) is 12.6. The molecule has 0 spiro atoms. The first-order valence-electron chi connectivity index (χ1n) is 6.83. The summed E-state index contributed by atoms with van der Waals surface area (Å²) in [5.41, 5.74) is 0.376. The molecule has 7 nitrogen and oxygen atoms in total. The second-order valence-electron chi connectivity index (χ2n) is 4.79. The number of nitrogens with zero attached hydrogens (tertiary/aromatic N) is 2. The van der Waals surface area contributed by atoms with Crippen molar-refractivity contribution in [2.24, 2.45) is 0 Å². The molecule has 24 heavy (non-hydrogen) atoms. The van der Waals surface area contributed by atoms with Gasteiger partial charge in [0, 0.05) is 24.9 Å². The van der Waals surface area contributed by atoms with E-state index in [0.29, 0.717) is 5.69 Å². The van der Waals surface area contributed by atoms with Gasteiger partial charge in [0.05, 0.1) is 15.5 Å². The van der Waals surface area contributed by atoms with Crippen LogP contribution in [0.25, 0.3) is 0 Å². The van der Waals surface area contributed by atoms with Gasteiger partial charge >= 0.3 is 5.97 Å². The maximum atomic E-state index is 12.0. The van der Waals surface area contributed by atoms with E-state index in [-0.39, 0.29) is 16.3 Å². The molecule has 1 amide bonds. The Hall–Kier alpha value is -2.93. The van der Waals surface area contributed by atoms with Gasteiger partial charge in [-0.2, -0.15) is 0 Å². The first-order valence-corrected chi connectivity index (χ1v) is 7.20. The maximum Gasteiger partial charge on any atom is 0.340 e. The minimum absolute atomic E-state index is 0.0440. The summed E-state index contributed by atoms with van der Waals surface area (Å²) in [5, 5.41) is 10.5. The fourth-order valence-corrected chi connectivity index (χ4v) is 2.13. The Kier molecular flexibility index (Phi) is 5.49. The normalized spacial score (nSPS) is 10.1. The Morgan fingerprint density at radius 3 is 2.46 bits per heavy atom. The lowest BCUT2D eigenvalue weighted by Crippen LogP contribution is -2.31. The molecule has 0 heterocycles. The standard InChI is InChI=1S/C16H13ClN2O5/c1-18(11-5-3-2-4-6-11)15(20)10-24-16(21)13-8-7-12(19(22)23)9-14(13)17/h2-9H,10H2,1H3. The number of halogens is 1. The van der Waals surface area contributed by atoms with Crippen LogP contribution in [0.2, 0.25) is 5.02 Å². The third kappa shape index (κ3) is 4.08. The summed E-state index contributed by atoms with van der Waals surface area (Å²) in [7, 11) is 1.56. The van der Waals surface area contributed by atoms with Crippen LogP contribution in [0, 0.1) is 10.1 Å². The van der Waals surface area contributed by atoms with Crippen LogP contribution in [0.5, 0.6) is 0 Å². The molecule has 2 aromatic carbocycles. The molecule has 0 fully saturated rings. The highest BCUT2D eigenvalue weighted by molar-refractivity contribution is 6.33. The van der Waals surface area contributed by atoms with Crippen molar-refractivity contribution < 1.29 is 19.2 Å². The van der Waals surface area contributed by atoms with Crippen LogP contribution in [0.3, 0.4) is 0 Å². The highest BCUT2D eigenvalue weighted by Crippen LogP contribution is 2.23. The number of likely N-dealkylation sites (N-methyl/N-ethyl adjacent to an activating group) is 1. The summed E-state index contributed by atoms with van der Waals surface area (Å²) >= 11 is 5.84. The van der Waals surface area contributed by atoms with E-state index in [0.717, 1.165) is 12.1 Å². The van der Waals surface area contributed by atoms with Crippen LogP contribution in [-0.4, -0.2) is 30.5 Å². The predicted molar refractivity (Wildman–Crippen MR) is 88.2 cm³/mol. The number of hydrogen-bond donors (Lipinski definition) is 0. The zero-order chi connectivity index (χ0) is 17.7. The van der Waals surface area contributed by atoms with Gasteiger partial charge in [-0.15, -0.1) is 0 Å². The molecule has 0 saturated carbocycles. The fraction of sp³-hybridized carbons (Fsp3) is 0.125. The summed E-state index contributed by atoms with van der Waals surface area (Å²) in [6.07, 6.45) is 0. The number of amides is 1. The maximum absolute atomic E-state index is 12.0. The largest absolute Gasteiger partial charge is 0.452 e. The van der Waals surface area contributed by atoms with Crippen LogP contribution in [-0.2, 0) is 9.53 Å². The van der Waals surface area contributed by atoms with Crippen molar-refractivity contribution in [3.8, 4) is 0 Å². The van der Waals surface area contributed by atoms with E-state index in [1.54, 1.807) is 31.3 Å². The van der Waals surface area contributed by atoms with Crippen molar-refractivity contribution >= 4 is 34.9 Å². The van der Waals surface area contributed by atoms with Gasteiger partial charge < -0.3 is 9.64 Å². The van der Waals surface area contributed by atoms with E-state index in [1.165, 1.54) is 11.0 Å². The van der Waals surface area contributed by atoms with Gasteiger partial charge in [-0.3, -0.25) is 14.9 Å². The molecule has 0 bridgehead atoms. The van der Waals surface area contributed by atoms with Gasteiger partial charge in [-0.05, 0) is 18.2 Å². The van der Waals surface area contributed by atoms with Gasteiger partial charge in [0.25, 0.3) is 11.6 Å². The van der Waals surface area contributed by atoms with E-state index in [9.17, 15) is 19.7 Å². The Labute approximate surface area is 142 Å². The number of hydrogen-bond acceptors (Lipinski definition) is 5. The van der Waals surface area contributed by atoms with Crippen LogP contribution < -0.4 is 4.90 Å². The number of esters is 1. The summed E-state index contributed by atoms with van der Waals surface area (Å²) < 4.78 is 4.93. The Balaban J connectivity index is 2.00. The van der Waals surface area contributed by atoms with Crippen molar-refractivity contribution in [1.29, 1.82) is 0 Å². The van der Waals surface area contributed by atoms with Crippen LogP contribution >= 0.6 is 11.6 Å². The Morgan fingerprint density at radius 2 is 1.88 bits per heavy atom. The predicted octanol–water partition coefficient (Wildman–Crippen LogP) is 3.07. The number of rotatable bonds is 5. The highest BCUT2D eigenvalue weighted by Gasteiger charge is 2.18. The summed E-state index contributed by atoms with van der Waals surface area (Å²) in [5.74, 6) is -1.25. The number of nitro groups is 1. The number of para-hydroxylation sites is 1. The average molecular weight is 349 g/mol. The molecule has 0 aliphatic rings. The molecular weight excluding hydrogens is 336 g/mol. The van der Waals surface area contributed by atoms with E-state index >= 15 is 0 Å². The van der Waals surface area contributed by atoms with Gasteiger partial charge in [0.15, 0.2) is 6.61 Å². The summed E-state index contributed by atoms with van der Waals surface area (Å²) in [4.78, 5) is 35.4. The van der Waals surface area contributed by atoms with Gasteiger partial charge in [-0.25, -0.2) is 4.79 Å². The number of ether oxygens (including phenoxy) is 1. The Bertz CT molecular complexity index is 779. The first-order chi connectivity index (χ1) is 11.4. The molecule has 0 unspecified atom stereocenters. The molecule has 0 aliphatic heterocycles. The lowest BCUT2D eigenvalue weighted by molar-refractivity contribution is -0.384. The molecule has 0 saturated heterocycles. The molecule has 2 aromatic rings. The van der Waals surface area contributed by atoms with Gasteiger partial charge in [0.2, 0.25) is 0 Å². The third-order valence-electron chi connectivity index (χ3n) is 3.23. The lowest BCUT2D eigenvalue weighted by Gasteiger charge is -2.17. The zero-order valence-corrected chi connectivity index (χ0v) is 13.4. The molecule has 0 aliphatic carbocycles. The molecule has 0 N–H and O–H groups in total. The SMILES string of the molecule is CN(C(=O)COC(=O)c1ccc([N+](=O)[O-])cc1Cl)c1ccccc1. The molecule has 124 valence electrons. The summed E-state index contributed by atoms with van der Waals surface area (Å²) in [6.45, 7) is -0.475. The minimum Gasteiger partial charge on any atom is -0.452 e. The first kappa shape index (κ1) is 17.4. The van der Waals surface area contributed by atoms with Crippen molar-refractivity contribution in [3.05, 3.63) is 69.2 Å². The number of carbonyl (C=O) groups excluding carboxylic acids is 2. The van der Waals surface area contributed by atoms with Crippen LogP contribution in [0.15, 0.2) is 48.5 Å². The third-order valence-corrected chi connectivity index (χ3v) is 3.54. The molecule has 8 heteroatoms. The van der Waals surface area contributed by atoms with Gasteiger partial charge in [0.1, 0.15) is 0 Å². The topological polar surface area (TPSA) is 89.8 Å². The van der Waals surface area contributed by atoms with Crippen LogP contribution in [0.4, 0.5) is 11.4 Å². The van der Waals surface area contributed by atoms with E-state index in [1.807, 2.05) is 6.07 Å². The van der Waals surface area contributed by atoms with E-state index in [2.05, 4.69) is 0 Å². The molecular formula is C16H13ClN2O5. The fourth-order valence-electron chi connectivity index (χ4n) is 1.88. The monoisotopic (exact) mass is 348 g/mol. The lowest BCUT2D eigenvalue weighted by atomic mass is 10.2. The highest BCUT2D eigenvalue weighted by atomic mass is 35.5. The molecule has 0 radical (unpaired) electrons. The average Bonchev–Trinajstić information content (AvgIpc) is 2.59. The molecule has 2 rings (SSSR count). The minimum atomic E-state index is -0.829. The summed E-state index contributed by atoms with van der Waals surface area (Å²) in [6, 6.07) is 12.2. The van der Waals surface area contributed by atoms with Crippen molar-refractivity contribution in [2.45, 2.75) is 0 Å². The number of carbonyl (C=O) groups is 2. The van der Waals surface area contributed by atoms with Crippen molar-refractivity contribution in [3.63, 3.8) is 0 Å².